The lowest BCUT2D eigenvalue weighted by atomic mass is 9.91. The van der Waals surface area contributed by atoms with Gasteiger partial charge in [-0.3, -0.25) is 0 Å². The minimum absolute atomic E-state index is 0.206. The van der Waals surface area contributed by atoms with Crippen molar-refractivity contribution in [2.24, 2.45) is 0 Å². The predicted octanol–water partition coefficient (Wildman–Crippen LogP) is 4.07. The summed E-state index contributed by atoms with van der Waals surface area (Å²) >= 11 is 0. The minimum Gasteiger partial charge on any atom is -0.491 e. The molecule has 4 heteroatoms. The fourth-order valence-electron chi connectivity index (χ4n) is 3.09. The first-order valence-electron chi connectivity index (χ1n) is 8.58. The molecule has 0 aromatic heterocycles. The fourth-order valence-corrected chi connectivity index (χ4v) is 3.09. The van der Waals surface area contributed by atoms with Gasteiger partial charge >= 0.3 is 6.03 Å². The molecule has 1 aliphatic rings. The molecule has 0 heterocycles. The van der Waals surface area contributed by atoms with Gasteiger partial charge in [0.05, 0.1) is 6.54 Å². The van der Waals surface area contributed by atoms with Crippen LogP contribution in [0.3, 0.4) is 0 Å². The van der Waals surface area contributed by atoms with Gasteiger partial charge in [-0.15, -0.1) is 0 Å². The number of hydrogen-bond acceptors (Lipinski definition) is 2. The standard InChI is InChI=1S/C20H24N2O2/c1-15-7-2-5-11-18(15)22-20(23)21-13-14-24-19-12-6-9-16-8-3-4-10-17(16)19/h2,5-7,9,11-12H,3-4,8,10,13-14H2,1H3,(H2,21,22,23). The second kappa shape index (κ2) is 7.86. The Kier molecular flexibility index (Phi) is 5.36. The molecule has 0 radical (unpaired) electrons. The fraction of sp³-hybridized carbons (Fsp3) is 0.350. The summed E-state index contributed by atoms with van der Waals surface area (Å²) in [4.78, 5) is 11.9. The van der Waals surface area contributed by atoms with Gasteiger partial charge in [-0.25, -0.2) is 4.79 Å². The molecule has 1 aliphatic carbocycles. The largest absolute Gasteiger partial charge is 0.491 e. The topological polar surface area (TPSA) is 50.4 Å². The summed E-state index contributed by atoms with van der Waals surface area (Å²) in [7, 11) is 0. The highest BCUT2D eigenvalue weighted by atomic mass is 16.5. The first-order valence-corrected chi connectivity index (χ1v) is 8.58. The zero-order valence-electron chi connectivity index (χ0n) is 14.1. The number of carbonyl (C=O) groups is 1. The van der Waals surface area contributed by atoms with Crippen molar-refractivity contribution >= 4 is 11.7 Å². The van der Waals surface area contributed by atoms with Crippen LogP contribution < -0.4 is 15.4 Å². The van der Waals surface area contributed by atoms with E-state index in [1.54, 1.807) is 0 Å². The summed E-state index contributed by atoms with van der Waals surface area (Å²) < 4.78 is 5.89. The Bertz CT molecular complexity index is 713. The van der Waals surface area contributed by atoms with E-state index >= 15 is 0 Å². The molecule has 0 atom stereocenters. The average Bonchev–Trinajstić information content (AvgIpc) is 2.61. The molecule has 4 nitrogen and oxygen atoms in total. The molecule has 0 unspecified atom stereocenters. The van der Waals surface area contributed by atoms with E-state index in [1.807, 2.05) is 37.3 Å². The van der Waals surface area contributed by atoms with E-state index in [0.717, 1.165) is 29.8 Å². The van der Waals surface area contributed by atoms with Crippen LogP contribution in [0, 0.1) is 6.92 Å². The number of amides is 2. The molecular weight excluding hydrogens is 300 g/mol. The van der Waals surface area contributed by atoms with E-state index in [4.69, 9.17) is 4.74 Å². The van der Waals surface area contributed by atoms with Gasteiger partial charge in [0.1, 0.15) is 12.4 Å². The summed E-state index contributed by atoms with van der Waals surface area (Å²) in [6.45, 7) is 2.91. The van der Waals surface area contributed by atoms with Crippen LogP contribution in [-0.2, 0) is 12.8 Å². The van der Waals surface area contributed by atoms with Crippen LogP contribution in [0.1, 0.15) is 29.5 Å². The monoisotopic (exact) mass is 324 g/mol. The predicted molar refractivity (Wildman–Crippen MR) is 96.8 cm³/mol. The van der Waals surface area contributed by atoms with Gasteiger partial charge in [0.25, 0.3) is 0 Å². The Morgan fingerprint density at radius 2 is 1.92 bits per heavy atom. The highest BCUT2D eigenvalue weighted by Crippen LogP contribution is 2.29. The number of urea groups is 1. The van der Waals surface area contributed by atoms with E-state index in [1.165, 1.54) is 24.0 Å². The zero-order valence-corrected chi connectivity index (χ0v) is 14.1. The molecule has 2 amide bonds. The van der Waals surface area contributed by atoms with Crippen molar-refractivity contribution in [1.29, 1.82) is 0 Å². The Morgan fingerprint density at radius 1 is 1.08 bits per heavy atom. The number of ether oxygens (including phenoxy) is 1. The number of rotatable bonds is 5. The highest BCUT2D eigenvalue weighted by Gasteiger charge is 2.13. The van der Waals surface area contributed by atoms with Crippen molar-refractivity contribution < 1.29 is 9.53 Å². The second-order valence-corrected chi connectivity index (χ2v) is 6.15. The Hall–Kier alpha value is -2.49. The Balaban J connectivity index is 1.46. The lowest BCUT2D eigenvalue weighted by Crippen LogP contribution is -2.32. The van der Waals surface area contributed by atoms with Crippen LogP contribution in [0.5, 0.6) is 5.75 Å². The van der Waals surface area contributed by atoms with Crippen molar-refractivity contribution in [2.45, 2.75) is 32.6 Å². The third-order valence-electron chi connectivity index (χ3n) is 4.39. The highest BCUT2D eigenvalue weighted by molar-refractivity contribution is 5.89. The third kappa shape index (κ3) is 4.07. The summed E-state index contributed by atoms with van der Waals surface area (Å²) in [5.41, 5.74) is 4.62. The quantitative estimate of drug-likeness (QED) is 0.814. The number of nitrogens with one attached hydrogen (secondary N) is 2. The smallest absolute Gasteiger partial charge is 0.319 e. The molecule has 0 saturated carbocycles. The molecule has 0 spiro atoms. The van der Waals surface area contributed by atoms with E-state index in [9.17, 15) is 4.79 Å². The third-order valence-corrected chi connectivity index (χ3v) is 4.39. The van der Waals surface area contributed by atoms with Crippen molar-refractivity contribution in [2.75, 3.05) is 18.5 Å². The number of carbonyl (C=O) groups excluding carboxylic acids is 1. The number of benzene rings is 2. The van der Waals surface area contributed by atoms with Crippen molar-refractivity contribution in [3.8, 4) is 5.75 Å². The molecular formula is C20H24N2O2. The molecule has 0 fully saturated rings. The number of hydrogen-bond donors (Lipinski definition) is 2. The average molecular weight is 324 g/mol. The maximum Gasteiger partial charge on any atom is 0.319 e. The second-order valence-electron chi connectivity index (χ2n) is 6.15. The van der Waals surface area contributed by atoms with Crippen LogP contribution in [0.4, 0.5) is 10.5 Å². The van der Waals surface area contributed by atoms with E-state index in [0.29, 0.717) is 13.2 Å². The van der Waals surface area contributed by atoms with Crippen molar-refractivity contribution in [1.82, 2.24) is 5.32 Å². The lowest BCUT2D eigenvalue weighted by molar-refractivity contribution is 0.247. The summed E-state index contributed by atoms with van der Waals surface area (Å²) in [6, 6.07) is 13.8. The molecule has 2 aromatic rings. The molecule has 2 N–H and O–H groups in total. The molecule has 0 aliphatic heterocycles. The van der Waals surface area contributed by atoms with Crippen LogP contribution in [0.2, 0.25) is 0 Å². The normalized spacial score (nSPS) is 13.0. The van der Waals surface area contributed by atoms with Gasteiger partial charge in [-0.1, -0.05) is 30.3 Å². The maximum atomic E-state index is 11.9. The van der Waals surface area contributed by atoms with Crippen LogP contribution in [0.15, 0.2) is 42.5 Å². The van der Waals surface area contributed by atoms with E-state index in [-0.39, 0.29) is 6.03 Å². The first kappa shape index (κ1) is 16.4. The molecule has 0 saturated heterocycles. The Morgan fingerprint density at radius 3 is 2.79 bits per heavy atom. The first-order chi connectivity index (χ1) is 11.7. The lowest BCUT2D eigenvalue weighted by Gasteiger charge is -2.19. The number of anilines is 1. The van der Waals surface area contributed by atoms with Gasteiger partial charge < -0.3 is 15.4 Å². The molecule has 126 valence electrons. The molecule has 3 rings (SSSR count). The minimum atomic E-state index is -0.206. The van der Waals surface area contributed by atoms with E-state index in [2.05, 4.69) is 22.8 Å². The maximum absolute atomic E-state index is 11.9. The Labute approximate surface area is 143 Å². The van der Waals surface area contributed by atoms with Gasteiger partial charge in [-0.05, 0) is 61.4 Å². The van der Waals surface area contributed by atoms with Crippen LogP contribution >= 0.6 is 0 Å². The summed E-state index contributed by atoms with van der Waals surface area (Å²) in [6.07, 6.45) is 4.72. The van der Waals surface area contributed by atoms with Crippen molar-refractivity contribution in [3.05, 3.63) is 59.2 Å². The van der Waals surface area contributed by atoms with Crippen LogP contribution in [0.25, 0.3) is 0 Å². The zero-order chi connectivity index (χ0) is 16.8. The molecule has 0 bridgehead atoms. The van der Waals surface area contributed by atoms with Gasteiger partial charge in [-0.2, -0.15) is 0 Å². The van der Waals surface area contributed by atoms with Crippen LogP contribution in [-0.4, -0.2) is 19.2 Å². The molecule has 24 heavy (non-hydrogen) atoms. The molecule has 2 aromatic carbocycles. The SMILES string of the molecule is Cc1ccccc1NC(=O)NCCOc1cccc2c1CCCC2. The van der Waals surface area contributed by atoms with Gasteiger partial charge in [0, 0.05) is 5.69 Å². The number of aryl methyl sites for hydroxylation is 2. The number of para-hydroxylation sites is 1. The summed E-state index contributed by atoms with van der Waals surface area (Å²) in [5, 5.41) is 5.69. The van der Waals surface area contributed by atoms with Crippen molar-refractivity contribution in [3.63, 3.8) is 0 Å². The summed E-state index contributed by atoms with van der Waals surface area (Å²) in [5.74, 6) is 0.966. The van der Waals surface area contributed by atoms with E-state index < -0.39 is 0 Å². The van der Waals surface area contributed by atoms with Gasteiger partial charge in [0.2, 0.25) is 0 Å². The van der Waals surface area contributed by atoms with Gasteiger partial charge in [0.15, 0.2) is 0 Å². The number of fused-ring (bicyclic) bond motifs is 1.